The van der Waals surface area contributed by atoms with Crippen LogP contribution in [0.4, 0.5) is 5.69 Å². The Morgan fingerprint density at radius 1 is 1.26 bits per heavy atom. The van der Waals surface area contributed by atoms with E-state index in [0.717, 1.165) is 55.7 Å². The number of nitrogens with one attached hydrogen (secondary N) is 1. The van der Waals surface area contributed by atoms with Crippen molar-refractivity contribution in [2.24, 2.45) is 5.92 Å². The lowest BCUT2D eigenvalue weighted by Gasteiger charge is -2.22. The molecule has 1 saturated heterocycles. The Hall–Kier alpha value is -1.59. The van der Waals surface area contributed by atoms with Crippen LogP contribution >= 0.6 is 0 Å². The Kier molecular flexibility index (Phi) is 5.51. The van der Waals surface area contributed by atoms with Gasteiger partial charge in [-0.2, -0.15) is 0 Å². The predicted octanol–water partition coefficient (Wildman–Crippen LogP) is 3.27. The van der Waals surface area contributed by atoms with Crippen LogP contribution in [0.1, 0.15) is 37.7 Å². The van der Waals surface area contributed by atoms with Gasteiger partial charge in [-0.15, -0.1) is 0 Å². The molecular formula is C18H25NO4. The van der Waals surface area contributed by atoms with Crippen LogP contribution in [-0.2, 0) is 14.3 Å². The average Bonchev–Trinajstić information content (AvgIpc) is 3.40. The maximum absolute atomic E-state index is 11.9. The van der Waals surface area contributed by atoms with Crippen LogP contribution in [0.25, 0.3) is 0 Å². The largest absolute Gasteiger partial charge is 0.491 e. The van der Waals surface area contributed by atoms with Gasteiger partial charge in [0, 0.05) is 23.8 Å². The molecule has 1 heterocycles. The molecule has 1 N–H and O–H groups in total. The van der Waals surface area contributed by atoms with E-state index in [4.69, 9.17) is 14.2 Å². The summed E-state index contributed by atoms with van der Waals surface area (Å²) in [6.45, 7) is 3.72. The number of carbonyl (C=O) groups excluding carboxylic acids is 1. The highest BCUT2D eigenvalue weighted by molar-refractivity contribution is 5.94. The molecule has 1 aromatic rings. The van der Waals surface area contributed by atoms with Crippen molar-refractivity contribution >= 4 is 11.6 Å². The maximum Gasteiger partial charge on any atom is 0.227 e. The standard InChI is InChI=1S/C18H25NO4/c1-13-15(19-18(20)14-8-9-14)5-4-6-16(13)21-11-12-23-17-7-2-3-10-22-17/h4-6,14,17H,2-3,7-12H2,1H3,(H,19,20). The normalized spacial score (nSPS) is 21.0. The molecule has 23 heavy (non-hydrogen) atoms. The summed E-state index contributed by atoms with van der Waals surface area (Å²) in [5, 5.41) is 2.98. The summed E-state index contributed by atoms with van der Waals surface area (Å²) in [5.74, 6) is 1.10. The van der Waals surface area contributed by atoms with Crippen LogP contribution < -0.4 is 10.1 Å². The second-order valence-electron chi connectivity index (χ2n) is 6.21. The molecule has 0 aromatic heterocycles. The van der Waals surface area contributed by atoms with Crippen molar-refractivity contribution in [3.05, 3.63) is 23.8 Å². The molecule has 1 aliphatic heterocycles. The third-order valence-corrected chi connectivity index (χ3v) is 4.27. The topological polar surface area (TPSA) is 56.8 Å². The van der Waals surface area contributed by atoms with E-state index >= 15 is 0 Å². The smallest absolute Gasteiger partial charge is 0.227 e. The van der Waals surface area contributed by atoms with Gasteiger partial charge in [0.15, 0.2) is 6.29 Å². The lowest BCUT2D eigenvalue weighted by molar-refractivity contribution is -0.165. The highest BCUT2D eigenvalue weighted by atomic mass is 16.7. The molecule has 1 atom stereocenters. The zero-order chi connectivity index (χ0) is 16.1. The van der Waals surface area contributed by atoms with E-state index in [1.54, 1.807) is 0 Å². The van der Waals surface area contributed by atoms with Crippen molar-refractivity contribution in [3.8, 4) is 5.75 Å². The van der Waals surface area contributed by atoms with Gasteiger partial charge in [-0.25, -0.2) is 0 Å². The van der Waals surface area contributed by atoms with Gasteiger partial charge in [-0.3, -0.25) is 4.79 Å². The molecule has 5 heteroatoms. The molecule has 1 saturated carbocycles. The van der Waals surface area contributed by atoms with Gasteiger partial charge < -0.3 is 19.5 Å². The quantitative estimate of drug-likeness (QED) is 0.784. The summed E-state index contributed by atoms with van der Waals surface area (Å²) in [5.41, 5.74) is 1.78. The maximum atomic E-state index is 11.9. The molecule has 1 unspecified atom stereocenters. The molecule has 1 aliphatic carbocycles. The fourth-order valence-corrected chi connectivity index (χ4v) is 2.66. The van der Waals surface area contributed by atoms with E-state index in [1.165, 1.54) is 0 Å². The fourth-order valence-electron chi connectivity index (χ4n) is 2.66. The van der Waals surface area contributed by atoms with Crippen LogP contribution in [0, 0.1) is 12.8 Å². The summed E-state index contributed by atoms with van der Waals surface area (Å²) in [4.78, 5) is 11.9. The van der Waals surface area contributed by atoms with Crippen molar-refractivity contribution in [2.75, 3.05) is 25.1 Å². The van der Waals surface area contributed by atoms with Crippen LogP contribution in [0.5, 0.6) is 5.75 Å². The lowest BCUT2D eigenvalue weighted by Crippen LogP contribution is -2.24. The van der Waals surface area contributed by atoms with Crippen LogP contribution in [0.15, 0.2) is 18.2 Å². The molecule has 5 nitrogen and oxygen atoms in total. The molecule has 0 bridgehead atoms. The fraction of sp³-hybridized carbons (Fsp3) is 0.611. The first-order chi connectivity index (χ1) is 11.2. The Morgan fingerprint density at radius 3 is 2.87 bits per heavy atom. The second kappa shape index (κ2) is 7.79. The minimum atomic E-state index is -0.0855. The molecule has 3 rings (SSSR count). The van der Waals surface area contributed by atoms with Gasteiger partial charge in [-0.1, -0.05) is 6.07 Å². The predicted molar refractivity (Wildman–Crippen MR) is 87.6 cm³/mol. The Bertz CT molecular complexity index is 536. The van der Waals surface area contributed by atoms with Crippen LogP contribution in [0.3, 0.4) is 0 Å². The molecule has 0 radical (unpaired) electrons. The Morgan fingerprint density at radius 2 is 2.13 bits per heavy atom. The first-order valence-electron chi connectivity index (χ1n) is 8.50. The SMILES string of the molecule is Cc1c(NC(=O)C2CC2)cccc1OCCOC1CCCCO1. The van der Waals surface area contributed by atoms with E-state index < -0.39 is 0 Å². The Balaban J connectivity index is 1.46. The summed E-state index contributed by atoms with van der Waals surface area (Å²) in [6, 6.07) is 5.73. The molecule has 1 amide bonds. The minimum Gasteiger partial charge on any atom is -0.491 e. The highest BCUT2D eigenvalue weighted by Gasteiger charge is 2.29. The molecular weight excluding hydrogens is 294 g/mol. The van der Waals surface area contributed by atoms with Gasteiger partial charge in [-0.05, 0) is 51.2 Å². The number of carbonyl (C=O) groups is 1. The zero-order valence-corrected chi connectivity index (χ0v) is 13.7. The average molecular weight is 319 g/mol. The van der Waals surface area contributed by atoms with Crippen molar-refractivity contribution in [1.82, 2.24) is 0 Å². The van der Waals surface area contributed by atoms with Gasteiger partial charge in [0.1, 0.15) is 12.4 Å². The number of hydrogen-bond donors (Lipinski definition) is 1. The molecule has 126 valence electrons. The van der Waals surface area contributed by atoms with E-state index in [1.807, 2.05) is 25.1 Å². The van der Waals surface area contributed by atoms with Crippen LogP contribution in [-0.4, -0.2) is 32.0 Å². The summed E-state index contributed by atoms with van der Waals surface area (Å²) < 4.78 is 17.0. The summed E-state index contributed by atoms with van der Waals surface area (Å²) in [6.07, 6.45) is 5.16. The first-order valence-corrected chi connectivity index (χ1v) is 8.50. The minimum absolute atomic E-state index is 0.0855. The number of benzene rings is 1. The van der Waals surface area contributed by atoms with Crippen LogP contribution in [0.2, 0.25) is 0 Å². The van der Waals surface area contributed by atoms with E-state index in [9.17, 15) is 4.79 Å². The number of ether oxygens (including phenoxy) is 3. The number of hydrogen-bond acceptors (Lipinski definition) is 4. The van der Waals surface area contributed by atoms with E-state index in [0.29, 0.717) is 13.2 Å². The number of amides is 1. The molecule has 1 aromatic carbocycles. The summed E-state index contributed by atoms with van der Waals surface area (Å²) in [7, 11) is 0. The number of rotatable bonds is 7. The van der Waals surface area contributed by atoms with Gasteiger partial charge in [0.2, 0.25) is 5.91 Å². The summed E-state index contributed by atoms with van der Waals surface area (Å²) >= 11 is 0. The third-order valence-electron chi connectivity index (χ3n) is 4.27. The molecule has 0 spiro atoms. The number of anilines is 1. The lowest BCUT2D eigenvalue weighted by atomic mass is 10.1. The van der Waals surface area contributed by atoms with Crippen molar-refractivity contribution in [2.45, 2.75) is 45.3 Å². The monoisotopic (exact) mass is 319 g/mol. The van der Waals surface area contributed by atoms with E-state index in [-0.39, 0.29) is 18.1 Å². The van der Waals surface area contributed by atoms with Gasteiger partial charge >= 0.3 is 0 Å². The van der Waals surface area contributed by atoms with Gasteiger partial charge in [0.25, 0.3) is 0 Å². The molecule has 2 fully saturated rings. The van der Waals surface area contributed by atoms with Crippen molar-refractivity contribution < 1.29 is 19.0 Å². The molecule has 2 aliphatic rings. The van der Waals surface area contributed by atoms with Gasteiger partial charge in [0.05, 0.1) is 6.61 Å². The zero-order valence-electron chi connectivity index (χ0n) is 13.7. The first kappa shape index (κ1) is 16.3. The second-order valence-corrected chi connectivity index (χ2v) is 6.21. The highest BCUT2D eigenvalue weighted by Crippen LogP contribution is 2.32. The Labute approximate surface area is 137 Å². The third kappa shape index (κ3) is 4.69. The van der Waals surface area contributed by atoms with Crippen molar-refractivity contribution in [1.29, 1.82) is 0 Å². The van der Waals surface area contributed by atoms with E-state index in [2.05, 4.69) is 5.32 Å². The van der Waals surface area contributed by atoms with Crippen molar-refractivity contribution in [3.63, 3.8) is 0 Å².